The summed E-state index contributed by atoms with van der Waals surface area (Å²) in [5.74, 6) is -1.63. The maximum atomic E-state index is 12.1. The van der Waals surface area contributed by atoms with Gasteiger partial charge in [-0.3, -0.25) is 4.79 Å². The maximum absolute atomic E-state index is 12.1. The van der Waals surface area contributed by atoms with Crippen LogP contribution < -0.4 is 5.32 Å². The summed E-state index contributed by atoms with van der Waals surface area (Å²) in [5, 5.41) is 11.5. The molecule has 7 nitrogen and oxygen atoms in total. The van der Waals surface area contributed by atoms with Crippen LogP contribution in [0.1, 0.15) is 52.2 Å². The second-order valence-electron chi connectivity index (χ2n) is 5.96. The zero-order valence-corrected chi connectivity index (χ0v) is 13.6. The number of hydrogen-bond donors (Lipinski definition) is 2. The fourth-order valence-electron chi connectivity index (χ4n) is 2.70. The molecule has 0 atom stereocenters. The van der Waals surface area contributed by atoms with Gasteiger partial charge < -0.3 is 15.2 Å². The number of nitrogens with zero attached hydrogens (tertiary/aromatic N) is 2. The molecule has 3 rings (SSSR count). The van der Waals surface area contributed by atoms with Crippen LogP contribution in [-0.4, -0.2) is 33.1 Å². The van der Waals surface area contributed by atoms with Crippen LogP contribution in [0.2, 0.25) is 0 Å². The Labute approximate surface area is 145 Å². The van der Waals surface area contributed by atoms with Crippen molar-refractivity contribution < 1.29 is 19.4 Å². The SMILES string of the molecule is O=C(O)c1cnc(C(=O)Nc2ccc(COC3CCCC3)cc2)cn1. The minimum absolute atomic E-state index is 0.0543. The smallest absolute Gasteiger partial charge is 0.356 e. The molecule has 0 radical (unpaired) electrons. The second-order valence-corrected chi connectivity index (χ2v) is 5.96. The molecule has 1 saturated carbocycles. The molecule has 1 aliphatic carbocycles. The molecule has 1 heterocycles. The van der Waals surface area contributed by atoms with Crippen molar-refractivity contribution in [3.63, 3.8) is 0 Å². The van der Waals surface area contributed by atoms with Gasteiger partial charge >= 0.3 is 5.97 Å². The van der Waals surface area contributed by atoms with E-state index in [0.717, 1.165) is 30.8 Å². The topological polar surface area (TPSA) is 101 Å². The number of carbonyl (C=O) groups is 2. The van der Waals surface area contributed by atoms with E-state index in [1.165, 1.54) is 12.8 Å². The Morgan fingerprint density at radius 2 is 1.72 bits per heavy atom. The van der Waals surface area contributed by atoms with Gasteiger partial charge in [0.15, 0.2) is 5.69 Å². The van der Waals surface area contributed by atoms with E-state index in [2.05, 4.69) is 15.3 Å². The number of anilines is 1. The number of benzene rings is 1. The van der Waals surface area contributed by atoms with Crippen molar-refractivity contribution in [3.05, 3.63) is 53.6 Å². The van der Waals surface area contributed by atoms with Gasteiger partial charge in [-0.1, -0.05) is 25.0 Å². The molecule has 0 saturated heterocycles. The van der Waals surface area contributed by atoms with Crippen LogP contribution >= 0.6 is 0 Å². The predicted molar refractivity (Wildman–Crippen MR) is 90.4 cm³/mol. The van der Waals surface area contributed by atoms with Crippen molar-refractivity contribution in [2.45, 2.75) is 38.4 Å². The van der Waals surface area contributed by atoms with Crippen LogP contribution in [0.5, 0.6) is 0 Å². The monoisotopic (exact) mass is 341 g/mol. The summed E-state index contributed by atoms with van der Waals surface area (Å²) in [4.78, 5) is 30.3. The molecular weight excluding hydrogens is 322 g/mol. The Morgan fingerprint density at radius 3 is 2.32 bits per heavy atom. The van der Waals surface area contributed by atoms with Gasteiger partial charge in [-0.05, 0) is 30.5 Å². The van der Waals surface area contributed by atoms with Gasteiger partial charge in [0.25, 0.3) is 5.91 Å². The maximum Gasteiger partial charge on any atom is 0.356 e. The van der Waals surface area contributed by atoms with Crippen LogP contribution in [0.15, 0.2) is 36.7 Å². The first-order valence-electron chi connectivity index (χ1n) is 8.19. The second kappa shape index (κ2) is 7.85. The van der Waals surface area contributed by atoms with E-state index in [1.54, 1.807) is 12.1 Å². The molecule has 7 heteroatoms. The van der Waals surface area contributed by atoms with Crippen molar-refractivity contribution in [2.24, 2.45) is 0 Å². The molecule has 1 aliphatic rings. The summed E-state index contributed by atoms with van der Waals surface area (Å²) < 4.78 is 5.86. The summed E-state index contributed by atoms with van der Waals surface area (Å²) in [6.07, 6.45) is 7.32. The third-order valence-electron chi connectivity index (χ3n) is 4.10. The van der Waals surface area contributed by atoms with Gasteiger partial charge in [-0.25, -0.2) is 14.8 Å². The third kappa shape index (κ3) is 4.60. The molecule has 0 unspecified atom stereocenters. The lowest BCUT2D eigenvalue weighted by molar-refractivity contribution is 0.0457. The van der Waals surface area contributed by atoms with Crippen molar-refractivity contribution in [2.75, 3.05) is 5.32 Å². The lowest BCUT2D eigenvalue weighted by atomic mass is 10.2. The molecule has 1 aromatic carbocycles. The van der Waals surface area contributed by atoms with E-state index in [0.29, 0.717) is 18.4 Å². The first-order valence-corrected chi connectivity index (χ1v) is 8.19. The Balaban J connectivity index is 1.54. The highest BCUT2D eigenvalue weighted by atomic mass is 16.5. The van der Waals surface area contributed by atoms with Gasteiger partial charge in [0.05, 0.1) is 25.1 Å². The lowest BCUT2D eigenvalue weighted by Crippen LogP contribution is -2.15. The van der Waals surface area contributed by atoms with Crippen LogP contribution in [0.3, 0.4) is 0 Å². The van der Waals surface area contributed by atoms with Crippen molar-refractivity contribution >= 4 is 17.6 Å². The van der Waals surface area contributed by atoms with Crippen LogP contribution in [0, 0.1) is 0 Å². The lowest BCUT2D eigenvalue weighted by Gasteiger charge is -2.11. The number of aromatic carboxylic acids is 1. The highest BCUT2D eigenvalue weighted by molar-refractivity contribution is 6.02. The molecule has 1 fully saturated rings. The number of amides is 1. The van der Waals surface area contributed by atoms with Gasteiger partial charge in [0, 0.05) is 5.69 Å². The molecule has 1 amide bonds. The normalized spacial score (nSPS) is 14.4. The van der Waals surface area contributed by atoms with Crippen LogP contribution in [0.4, 0.5) is 5.69 Å². The number of hydrogen-bond acceptors (Lipinski definition) is 5. The van der Waals surface area contributed by atoms with E-state index in [4.69, 9.17) is 9.84 Å². The first kappa shape index (κ1) is 17.0. The molecule has 0 spiro atoms. The summed E-state index contributed by atoms with van der Waals surface area (Å²) in [6.45, 7) is 0.570. The minimum Gasteiger partial charge on any atom is -0.476 e. The quantitative estimate of drug-likeness (QED) is 0.838. The number of nitrogens with one attached hydrogen (secondary N) is 1. The van der Waals surface area contributed by atoms with Gasteiger partial charge in [0.1, 0.15) is 5.69 Å². The first-order chi connectivity index (χ1) is 12.1. The minimum atomic E-state index is -1.19. The highest BCUT2D eigenvalue weighted by Gasteiger charge is 2.15. The standard InChI is InChI=1S/C18H19N3O4/c22-17(15-9-20-16(10-19-15)18(23)24)21-13-7-5-12(6-8-13)11-25-14-3-1-2-4-14/h5-10,14H,1-4,11H2,(H,21,22)(H,23,24). The fourth-order valence-corrected chi connectivity index (χ4v) is 2.70. The van der Waals surface area contributed by atoms with Crippen molar-refractivity contribution in [3.8, 4) is 0 Å². The average Bonchev–Trinajstić information content (AvgIpc) is 3.15. The van der Waals surface area contributed by atoms with Gasteiger partial charge in [-0.2, -0.15) is 0 Å². The third-order valence-corrected chi connectivity index (χ3v) is 4.10. The van der Waals surface area contributed by atoms with Gasteiger partial charge in [-0.15, -0.1) is 0 Å². The number of ether oxygens (including phenoxy) is 1. The molecule has 2 N–H and O–H groups in total. The Kier molecular flexibility index (Phi) is 5.35. The molecule has 130 valence electrons. The number of rotatable bonds is 6. The molecule has 0 aliphatic heterocycles. The molecule has 2 aromatic rings. The summed E-state index contributed by atoms with van der Waals surface area (Å²) >= 11 is 0. The largest absolute Gasteiger partial charge is 0.476 e. The van der Waals surface area contributed by atoms with Crippen LogP contribution in [-0.2, 0) is 11.3 Å². The van der Waals surface area contributed by atoms with Crippen molar-refractivity contribution in [1.82, 2.24) is 9.97 Å². The Bertz CT molecular complexity index is 738. The number of aromatic nitrogens is 2. The number of carboxylic acid groups (broad SMARTS) is 1. The molecule has 1 aromatic heterocycles. The van der Waals surface area contributed by atoms with Crippen LogP contribution in [0.25, 0.3) is 0 Å². The zero-order chi connectivity index (χ0) is 17.6. The number of carboxylic acids is 1. The van der Waals surface area contributed by atoms with E-state index in [-0.39, 0.29) is 11.4 Å². The predicted octanol–water partition coefficient (Wildman–Crippen LogP) is 2.89. The molecule has 0 bridgehead atoms. The highest BCUT2D eigenvalue weighted by Crippen LogP contribution is 2.22. The summed E-state index contributed by atoms with van der Waals surface area (Å²) in [5.41, 5.74) is 1.52. The Morgan fingerprint density at radius 1 is 1.08 bits per heavy atom. The fraction of sp³-hybridized carbons (Fsp3) is 0.333. The van der Waals surface area contributed by atoms with Crippen molar-refractivity contribution in [1.29, 1.82) is 0 Å². The summed E-state index contributed by atoms with van der Waals surface area (Å²) in [6, 6.07) is 7.40. The Hall–Kier alpha value is -2.80. The number of carbonyl (C=O) groups excluding carboxylic acids is 1. The van der Waals surface area contributed by atoms with E-state index in [9.17, 15) is 9.59 Å². The van der Waals surface area contributed by atoms with E-state index >= 15 is 0 Å². The zero-order valence-electron chi connectivity index (χ0n) is 13.6. The van der Waals surface area contributed by atoms with E-state index < -0.39 is 11.9 Å². The molecule has 25 heavy (non-hydrogen) atoms. The molecular formula is C18H19N3O4. The van der Waals surface area contributed by atoms with Gasteiger partial charge in [0.2, 0.25) is 0 Å². The summed E-state index contributed by atoms with van der Waals surface area (Å²) in [7, 11) is 0. The van der Waals surface area contributed by atoms with E-state index in [1.807, 2.05) is 12.1 Å². The average molecular weight is 341 g/mol.